The van der Waals surface area contributed by atoms with Gasteiger partial charge in [-0.3, -0.25) is 0 Å². The van der Waals surface area contributed by atoms with Gasteiger partial charge in [-0.1, -0.05) is 19.1 Å². The van der Waals surface area contributed by atoms with E-state index in [1.807, 2.05) is 6.92 Å². The largest absolute Gasteiger partial charge is 0.334 e. The Morgan fingerprint density at radius 2 is 2.14 bits per heavy atom. The molecule has 0 unspecified atom stereocenters. The van der Waals surface area contributed by atoms with Crippen molar-refractivity contribution >= 4 is 6.03 Å². The van der Waals surface area contributed by atoms with Crippen molar-refractivity contribution in [3.05, 3.63) is 35.6 Å². The quantitative estimate of drug-likeness (QED) is 0.878. The number of nitrogens with zero attached hydrogens (tertiary/aromatic N) is 1. The molecule has 1 aliphatic rings. The molecule has 2 rings (SSSR count). The number of hydrogen-bond donors (Lipinski definition) is 2. The minimum atomic E-state index is -0.266. The van der Waals surface area contributed by atoms with Crippen LogP contribution in [0.1, 0.15) is 32.3 Å². The van der Waals surface area contributed by atoms with Gasteiger partial charge in [-0.2, -0.15) is 0 Å². The summed E-state index contributed by atoms with van der Waals surface area (Å²) in [6.45, 7) is 7.82. The Hall–Kier alpha value is -1.62. The van der Waals surface area contributed by atoms with Crippen LogP contribution in [0.5, 0.6) is 0 Å². The molecule has 2 N–H and O–H groups in total. The van der Waals surface area contributed by atoms with Crippen molar-refractivity contribution in [1.29, 1.82) is 0 Å². The average Bonchev–Trinajstić information content (AvgIpc) is 2.46. The number of carbonyl (C=O) groups excluding carboxylic acids is 1. The van der Waals surface area contributed by atoms with Crippen LogP contribution in [0.25, 0.3) is 0 Å². The van der Waals surface area contributed by atoms with Crippen molar-refractivity contribution in [2.75, 3.05) is 19.6 Å². The summed E-state index contributed by atoms with van der Waals surface area (Å²) in [6.07, 6.45) is 2.54. The second-order valence-electron chi connectivity index (χ2n) is 6.36. The lowest BCUT2D eigenvalue weighted by Crippen LogP contribution is -2.47. The maximum atomic E-state index is 12.8. The predicted molar refractivity (Wildman–Crippen MR) is 86.1 cm³/mol. The topological polar surface area (TPSA) is 44.4 Å². The summed E-state index contributed by atoms with van der Waals surface area (Å²) in [5.41, 5.74) is 0.883. The number of benzene rings is 1. The van der Waals surface area contributed by atoms with E-state index in [2.05, 4.69) is 22.5 Å². The van der Waals surface area contributed by atoms with Gasteiger partial charge in [0.25, 0.3) is 0 Å². The summed E-state index contributed by atoms with van der Waals surface area (Å²) in [7, 11) is 0. The molecule has 0 aliphatic carbocycles. The van der Waals surface area contributed by atoms with E-state index in [4.69, 9.17) is 0 Å². The van der Waals surface area contributed by atoms with Crippen LogP contribution in [-0.4, -0.2) is 36.6 Å². The van der Waals surface area contributed by atoms with Crippen LogP contribution in [0.4, 0.5) is 9.18 Å². The zero-order valence-corrected chi connectivity index (χ0v) is 13.4. The Bertz CT molecular complexity index is 477. The zero-order valence-electron chi connectivity index (χ0n) is 13.4. The molecule has 0 saturated carbocycles. The van der Waals surface area contributed by atoms with Gasteiger partial charge in [0.1, 0.15) is 5.82 Å². The van der Waals surface area contributed by atoms with E-state index in [0.29, 0.717) is 6.54 Å². The highest BCUT2D eigenvalue weighted by atomic mass is 19.1. The first kappa shape index (κ1) is 16.7. The van der Waals surface area contributed by atoms with Crippen LogP contribution in [0.15, 0.2) is 24.3 Å². The first-order chi connectivity index (χ1) is 10.5. The Labute approximate surface area is 132 Å². The summed E-state index contributed by atoms with van der Waals surface area (Å²) in [4.78, 5) is 14.3. The fraction of sp³-hybridized carbons (Fsp3) is 0.588. The lowest BCUT2D eigenvalue weighted by atomic mass is 10.00. The van der Waals surface area contributed by atoms with Crippen LogP contribution in [-0.2, 0) is 6.54 Å². The van der Waals surface area contributed by atoms with E-state index in [9.17, 15) is 9.18 Å². The van der Waals surface area contributed by atoms with E-state index in [-0.39, 0.29) is 17.9 Å². The van der Waals surface area contributed by atoms with Gasteiger partial charge in [0.2, 0.25) is 0 Å². The Morgan fingerprint density at radius 3 is 2.82 bits per heavy atom. The van der Waals surface area contributed by atoms with Crippen molar-refractivity contribution in [1.82, 2.24) is 15.5 Å². The number of urea groups is 1. The molecule has 1 aromatic rings. The van der Waals surface area contributed by atoms with E-state index in [1.54, 1.807) is 12.1 Å². The molecule has 22 heavy (non-hydrogen) atoms. The molecule has 1 fully saturated rings. The van der Waals surface area contributed by atoms with Gasteiger partial charge in [0.05, 0.1) is 0 Å². The van der Waals surface area contributed by atoms with Crippen molar-refractivity contribution in [2.45, 2.75) is 39.3 Å². The van der Waals surface area contributed by atoms with Crippen molar-refractivity contribution in [2.24, 2.45) is 5.92 Å². The second kappa shape index (κ2) is 8.13. The normalized spacial score (nSPS) is 20.4. The third kappa shape index (κ3) is 5.64. The van der Waals surface area contributed by atoms with Gasteiger partial charge in [-0.15, -0.1) is 0 Å². The SMILES string of the molecule is C[C@H]1CCCN(C[C@H](C)NC(=O)NCc2ccc(F)cc2)C1. The molecule has 1 aliphatic heterocycles. The number of piperidine rings is 1. The lowest BCUT2D eigenvalue weighted by molar-refractivity contribution is 0.169. The number of halogens is 1. The average molecular weight is 307 g/mol. The molecular formula is C17H26FN3O. The van der Waals surface area contributed by atoms with E-state index in [0.717, 1.165) is 31.1 Å². The number of carbonyl (C=O) groups is 1. The fourth-order valence-electron chi connectivity index (χ4n) is 2.94. The molecule has 122 valence electrons. The summed E-state index contributed by atoms with van der Waals surface area (Å²) in [6, 6.07) is 6.08. The molecule has 0 spiro atoms. The molecule has 0 aromatic heterocycles. The van der Waals surface area contributed by atoms with Gasteiger partial charge in [0, 0.05) is 25.7 Å². The summed E-state index contributed by atoms with van der Waals surface area (Å²) < 4.78 is 12.8. The standard InChI is InChI=1S/C17H26FN3O/c1-13-4-3-9-21(11-13)12-14(2)20-17(22)19-10-15-5-7-16(18)8-6-15/h5-8,13-14H,3-4,9-12H2,1-2H3,(H2,19,20,22)/t13-,14-/m0/s1. The molecule has 1 aromatic carbocycles. The maximum Gasteiger partial charge on any atom is 0.315 e. The predicted octanol–water partition coefficient (Wildman–Crippen LogP) is 2.75. The monoisotopic (exact) mass is 307 g/mol. The van der Waals surface area contributed by atoms with Gasteiger partial charge in [-0.25, -0.2) is 9.18 Å². The molecule has 5 heteroatoms. The number of likely N-dealkylation sites (tertiary alicyclic amines) is 1. The lowest BCUT2D eigenvalue weighted by Gasteiger charge is -2.32. The van der Waals surface area contributed by atoms with Crippen LogP contribution < -0.4 is 10.6 Å². The van der Waals surface area contributed by atoms with Crippen LogP contribution in [0.3, 0.4) is 0 Å². The van der Waals surface area contributed by atoms with Crippen LogP contribution >= 0.6 is 0 Å². The van der Waals surface area contributed by atoms with Gasteiger partial charge >= 0.3 is 6.03 Å². The summed E-state index contributed by atoms with van der Waals surface area (Å²) in [5, 5.41) is 5.76. The Balaban J connectivity index is 1.68. The van der Waals surface area contributed by atoms with Gasteiger partial charge < -0.3 is 15.5 Å². The summed E-state index contributed by atoms with van der Waals surface area (Å²) >= 11 is 0. The van der Waals surface area contributed by atoms with Crippen molar-refractivity contribution in [3.8, 4) is 0 Å². The Kier molecular flexibility index (Phi) is 6.19. The van der Waals surface area contributed by atoms with Crippen molar-refractivity contribution in [3.63, 3.8) is 0 Å². The molecule has 0 radical (unpaired) electrons. The molecule has 2 atom stereocenters. The first-order valence-corrected chi connectivity index (χ1v) is 8.04. The molecule has 1 heterocycles. The number of amides is 2. The van der Waals surface area contributed by atoms with E-state index >= 15 is 0 Å². The highest BCUT2D eigenvalue weighted by Gasteiger charge is 2.18. The minimum absolute atomic E-state index is 0.110. The van der Waals surface area contributed by atoms with E-state index < -0.39 is 0 Å². The summed E-state index contributed by atoms with van der Waals surface area (Å²) in [5.74, 6) is 0.478. The Morgan fingerprint density at radius 1 is 1.41 bits per heavy atom. The smallest absolute Gasteiger partial charge is 0.315 e. The number of hydrogen-bond acceptors (Lipinski definition) is 2. The van der Waals surface area contributed by atoms with E-state index in [1.165, 1.54) is 25.0 Å². The first-order valence-electron chi connectivity index (χ1n) is 8.04. The van der Waals surface area contributed by atoms with Gasteiger partial charge in [-0.05, 0) is 49.9 Å². The zero-order chi connectivity index (χ0) is 15.9. The minimum Gasteiger partial charge on any atom is -0.334 e. The maximum absolute atomic E-state index is 12.8. The third-order valence-electron chi connectivity index (χ3n) is 4.02. The molecule has 1 saturated heterocycles. The number of nitrogens with one attached hydrogen (secondary N) is 2. The van der Waals surface area contributed by atoms with Crippen molar-refractivity contribution < 1.29 is 9.18 Å². The third-order valence-corrected chi connectivity index (χ3v) is 4.02. The fourth-order valence-corrected chi connectivity index (χ4v) is 2.94. The second-order valence-corrected chi connectivity index (χ2v) is 6.36. The highest BCUT2D eigenvalue weighted by molar-refractivity contribution is 5.74. The highest BCUT2D eigenvalue weighted by Crippen LogP contribution is 2.15. The molecule has 4 nitrogen and oxygen atoms in total. The molecule has 2 amide bonds. The molecular weight excluding hydrogens is 281 g/mol. The van der Waals surface area contributed by atoms with Crippen LogP contribution in [0.2, 0.25) is 0 Å². The number of rotatable bonds is 5. The van der Waals surface area contributed by atoms with Gasteiger partial charge in [0.15, 0.2) is 0 Å². The molecule has 0 bridgehead atoms. The van der Waals surface area contributed by atoms with Crippen LogP contribution in [0, 0.1) is 11.7 Å².